The molecular formula is C23H26N4O. The van der Waals surface area contributed by atoms with Gasteiger partial charge in [-0.3, -0.25) is 4.79 Å². The molecule has 0 bridgehead atoms. The molecule has 1 heterocycles. The van der Waals surface area contributed by atoms with Crippen molar-refractivity contribution in [1.29, 1.82) is 0 Å². The fourth-order valence-corrected chi connectivity index (χ4v) is 3.17. The molecule has 0 saturated carbocycles. The summed E-state index contributed by atoms with van der Waals surface area (Å²) in [5.74, 6) is 1.10. The predicted octanol–water partition coefficient (Wildman–Crippen LogP) is 4.49. The number of benzene rings is 2. The maximum absolute atomic E-state index is 12.7. The Morgan fingerprint density at radius 3 is 2.36 bits per heavy atom. The SMILES string of the molecule is CCN(c1cccc(C)c1)c1cc(C(=O)NCc2cccc(C)c2)nc(C)n1. The number of amides is 1. The molecule has 1 N–H and O–H groups in total. The molecule has 0 aliphatic carbocycles. The summed E-state index contributed by atoms with van der Waals surface area (Å²) in [5.41, 5.74) is 4.84. The van der Waals surface area contributed by atoms with Gasteiger partial charge in [0.2, 0.25) is 0 Å². The topological polar surface area (TPSA) is 58.1 Å². The maximum Gasteiger partial charge on any atom is 0.270 e. The summed E-state index contributed by atoms with van der Waals surface area (Å²) < 4.78 is 0. The van der Waals surface area contributed by atoms with Crippen LogP contribution in [-0.2, 0) is 6.54 Å². The highest BCUT2D eigenvalue weighted by atomic mass is 16.1. The van der Waals surface area contributed by atoms with E-state index in [1.807, 2.05) is 44.2 Å². The molecule has 5 nitrogen and oxygen atoms in total. The van der Waals surface area contributed by atoms with Crippen LogP contribution in [-0.4, -0.2) is 22.4 Å². The van der Waals surface area contributed by atoms with Gasteiger partial charge in [0.25, 0.3) is 5.91 Å². The first kappa shape index (κ1) is 19.5. The smallest absolute Gasteiger partial charge is 0.270 e. The third-order valence-electron chi connectivity index (χ3n) is 4.50. The van der Waals surface area contributed by atoms with Crippen molar-refractivity contribution in [2.24, 2.45) is 0 Å². The van der Waals surface area contributed by atoms with Crippen molar-refractivity contribution < 1.29 is 4.79 Å². The van der Waals surface area contributed by atoms with Crippen LogP contribution < -0.4 is 10.2 Å². The van der Waals surface area contributed by atoms with Crippen molar-refractivity contribution >= 4 is 17.4 Å². The number of nitrogens with zero attached hydrogens (tertiary/aromatic N) is 3. The van der Waals surface area contributed by atoms with Crippen molar-refractivity contribution in [3.63, 3.8) is 0 Å². The summed E-state index contributed by atoms with van der Waals surface area (Å²) in [4.78, 5) is 23.7. The van der Waals surface area contributed by atoms with E-state index < -0.39 is 0 Å². The molecule has 0 spiro atoms. The van der Waals surface area contributed by atoms with Crippen LogP contribution in [0, 0.1) is 20.8 Å². The zero-order valence-electron chi connectivity index (χ0n) is 16.9. The zero-order valence-corrected chi connectivity index (χ0v) is 16.9. The summed E-state index contributed by atoms with van der Waals surface area (Å²) in [5, 5.41) is 2.95. The van der Waals surface area contributed by atoms with Crippen LogP contribution in [0.5, 0.6) is 0 Å². The zero-order chi connectivity index (χ0) is 20.1. The van der Waals surface area contributed by atoms with Crippen LogP contribution in [0.15, 0.2) is 54.6 Å². The largest absolute Gasteiger partial charge is 0.347 e. The predicted molar refractivity (Wildman–Crippen MR) is 113 cm³/mol. The van der Waals surface area contributed by atoms with Gasteiger partial charge in [0.1, 0.15) is 17.3 Å². The van der Waals surface area contributed by atoms with Crippen molar-refractivity contribution in [3.8, 4) is 0 Å². The number of carbonyl (C=O) groups is 1. The first-order valence-electron chi connectivity index (χ1n) is 9.50. The number of rotatable bonds is 6. The lowest BCUT2D eigenvalue weighted by Gasteiger charge is -2.23. The summed E-state index contributed by atoms with van der Waals surface area (Å²) in [7, 11) is 0. The van der Waals surface area contributed by atoms with Crippen LogP contribution >= 0.6 is 0 Å². The van der Waals surface area contributed by atoms with E-state index in [1.54, 1.807) is 6.07 Å². The molecular weight excluding hydrogens is 348 g/mol. The van der Waals surface area contributed by atoms with E-state index in [-0.39, 0.29) is 5.91 Å². The summed E-state index contributed by atoms with van der Waals surface area (Å²) in [6.45, 7) is 9.18. The molecule has 5 heteroatoms. The lowest BCUT2D eigenvalue weighted by Crippen LogP contribution is -2.25. The van der Waals surface area contributed by atoms with Gasteiger partial charge in [0.15, 0.2) is 0 Å². The molecule has 144 valence electrons. The van der Waals surface area contributed by atoms with E-state index in [4.69, 9.17) is 0 Å². The van der Waals surface area contributed by atoms with Gasteiger partial charge in [-0.2, -0.15) is 0 Å². The second-order valence-electron chi connectivity index (χ2n) is 6.91. The van der Waals surface area contributed by atoms with E-state index in [1.165, 1.54) is 11.1 Å². The first-order chi connectivity index (χ1) is 13.5. The second kappa shape index (κ2) is 8.65. The van der Waals surface area contributed by atoms with Gasteiger partial charge in [-0.15, -0.1) is 0 Å². The molecule has 0 saturated heterocycles. The number of carbonyl (C=O) groups excluding carboxylic acids is 1. The van der Waals surface area contributed by atoms with Gasteiger partial charge in [-0.05, 0) is 51.0 Å². The molecule has 2 aromatic carbocycles. The van der Waals surface area contributed by atoms with E-state index in [0.717, 1.165) is 23.6 Å². The van der Waals surface area contributed by atoms with Gasteiger partial charge in [-0.1, -0.05) is 42.0 Å². The number of aromatic nitrogens is 2. The molecule has 0 aliphatic heterocycles. The average molecular weight is 374 g/mol. The van der Waals surface area contributed by atoms with Crippen LogP contribution in [0.1, 0.15) is 39.9 Å². The Morgan fingerprint density at radius 2 is 1.68 bits per heavy atom. The highest BCUT2D eigenvalue weighted by molar-refractivity contribution is 5.93. The molecule has 0 aliphatic rings. The van der Waals surface area contributed by atoms with Gasteiger partial charge < -0.3 is 10.2 Å². The van der Waals surface area contributed by atoms with Gasteiger partial charge in [0.05, 0.1) is 0 Å². The Balaban J connectivity index is 1.82. The molecule has 0 radical (unpaired) electrons. The lowest BCUT2D eigenvalue weighted by atomic mass is 10.1. The Labute approximate surface area is 166 Å². The van der Waals surface area contributed by atoms with Crippen molar-refractivity contribution in [3.05, 3.63) is 82.8 Å². The first-order valence-corrected chi connectivity index (χ1v) is 9.50. The Kier molecular flexibility index (Phi) is 6.04. The fourth-order valence-electron chi connectivity index (χ4n) is 3.17. The van der Waals surface area contributed by atoms with E-state index in [0.29, 0.717) is 18.1 Å². The van der Waals surface area contributed by atoms with Crippen LogP contribution in [0.25, 0.3) is 0 Å². The second-order valence-corrected chi connectivity index (χ2v) is 6.91. The Morgan fingerprint density at radius 1 is 0.964 bits per heavy atom. The summed E-state index contributed by atoms with van der Waals surface area (Å²) >= 11 is 0. The molecule has 3 rings (SSSR count). The van der Waals surface area contributed by atoms with Gasteiger partial charge >= 0.3 is 0 Å². The quantitative estimate of drug-likeness (QED) is 0.691. The number of hydrogen-bond donors (Lipinski definition) is 1. The summed E-state index contributed by atoms with van der Waals surface area (Å²) in [6, 6.07) is 18.1. The molecule has 0 unspecified atom stereocenters. The van der Waals surface area contributed by atoms with Crippen molar-refractivity contribution in [2.45, 2.75) is 34.2 Å². The molecule has 1 amide bonds. The van der Waals surface area contributed by atoms with E-state index >= 15 is 0 Å². The Bertz CT molecular complexity index is 984. The summed E-state index contributed by atoms with van der Waals surface area (Å²) in [6.07, 6.45) is 0. The fraction of sp³-hybridized carbons (Fsp3) is 0.261. The van der Waals surface area contributed by atoms with Gasteiger partial charge in [0, 0.05) is 24.8 Å². The number of hydrogen-bond acceptors (Lipinski definition) is 4. The highest BCUT2D eigenvalue weighted by Crippen LogP contribution is 2.24. The molecule has 0 atom stereocenters. The third-order valence-corrected chi connectivity index (χ3v) is 4.50. The van der Waals surface area contributed by atoms with Crippen LogP contribution in [0.2, 0.25) is 0 Å². The van der Waals surface area contributed by atoms with Crippen molar-refractivity contribution in [2.75, 3.05) is 11.4 Å². The van der Waals surface area contributed by atoms with E-state index in [9.17, 15) is 4.79 Å². The number of nitrogens with one attached hydrogen (secondary N) is 1. The van der Waals surface area contributed by atoms with Crippen LogP contribution in [0.3, 0.4) is 0 Å². The highest BCUT2D eigenvalue weighted by Gasteiger charge is 2.15. The maximum atomic E-state index is 12.7. The van der Waals surface area contributed by atoms with Crippen LogP contribution in [0.4, 0.5) is 11.5 Å². The molecule has 1 aromatic heterocycles. The molecule has 3 aromatic rings. The minimum atomic E-state index is -0.200. The standard InChI is InChI=1S/C23H26N4O/c1-5-27(20-11-7-9-17(3)13-20)22-14-21(25-18(4)26-22)23(28)24-15-19-10-6-8-16(2)12-19/h6-14H,5,15H2,1-4H3,(H,24,28). The minimum Gasteiger partial charge on any atom is -0.347 e. The van der Waals surface area contributed by atoms with E-state index in [2.05, 4.69) is 52.2 Å². The minimum absolute atomic E-state index is 0.200. The normalized spacial score (nSPS) is 10.6. The monoisotopic (exact) mass is 374 g/mol. The lowest BCUT2D eigenvalue weighted by molar-refractivity contribution is 0.0945. The van der Waals surface area contributed by atoms with Gasteiger partial charge in [-0.25, -0.2) is 9.97 Å². The Hall–Kier alpha value is -3.21. The molecule has 28 heavy (non-hydrogen) atoms. The number of aryl methyl sites for hydroxylation is 3. The van der Waals surface area contributed by atoms with Crippen molar-refractivity contribution in [1.82, 2.24) is 15.3 Å². The molecule has 0 fully saturated rings. The average Bonchev–Trinajstić information content (AvgIpc) is 2.66. The third kappa shape index (κ3) is 4.74. The number of anilines is 2.